The minimum absolute atomic E-state index is 0.201. The van der Waals surface area contributed by atoms with Crippen molar-refractivity contribution in [2.75, 3.05) is 0 Å². The molecule has 0 unspecified atom stereocenters. The lowest BCUT2D eigenvalue weighted by atomic mass is 9.78. The molecule has 0 spiro atoms. The van der Waals surface area contributed by atoms with Crippen LogP contribution in [0.1, 0.15) is 68.9 Å². The van der Waals surface area contributed by atoms with Gasteiger partial charge in [0, 0.05) is 10.4 Å². The number of allylic oxidation sites excluding steroid dienone is 1. The standard InChI is InChI=1S/C27H29F3S/c1-3-5-6-7-19-12-15-22(25(29)24(19)28)23-16-20-13-14-21(26(30)27(20)31-23)18-10-8-17(4-2)9-11-18/h4,12-18H,2-3,5-11H2,1H3. The second kappa shape index (κ2) is 9.60. The molecule has 1 aliphatic rings. The Hall–Kier alpha value is -2.07. The lowest BCUT2D eigenvalue weighted by Gasteiger charge is -2.27. The minimum atomic E-state index is -0.830. The quantitative estimate of drug-likeness (QED) is 0.253. The highest BCUT2D eigenvalue weighted by Gasteiger charge is 2.25. The van der Waals surface area contributed by atoms with Gasteiger partial charge >= 0.3 is 0 Å². The van der Waals surface area contributed by atoms with Gasteiger partial charge in [-0.2, -0.15) is 0 Å². The van der Waals surface area contributed by atoms with E-state index in [1.54, 1.807) is 18.2 Å². The smallest absolute Gasteiger partial charge is 0.167 e. The number of benzene rings is 2. The van der Waals surface area contributed by atoms with Crippen molar-refractivity contribution < 1.29 is 13.2 Å². The molecule has 4 rings (SSSR count). The molecule has 3 aromatic rings. The van der Waals surface area contributed by atoms with E-state index in [1.807, 2.05) is 18.2 Å². The third-order valence-corrected chi connectivity index (χ3v) is 7.86. The summed E-state index contributed by atoms with van der Waals surface area (Å²) in [7, 11) is 0. The molecule has 0 nitrogen and oxygen atoms in total. The zero-order valence-corrected chi connectivity index (χ0v) is 18.8. The van der Waals surface area contributed by atoms with Gasteiger partial charge in [-0.3, -0.25) is 0 Å². The van der Waals surface area contributed by atoms with E-state index < -0.39 is 11.6 Å². The maximum absolute atomic E-state index is 15.4. The van der Waals surface area contributed by atoms with Gasteiger partial charge < -0.3 is 0 Å². The van der Waals surface area contributed by atoms with Crippen LogP contribution in [0.15, 0.2) is 43.0 Å². The van der Waals surface area contributed by atoms with Gasteiger partial charge in [0.15, 0.2) is 11.6 Å². The molecular formula is C27H29F3S. The molecule has 31 heavy (non-hydrogen) atoms. The first-order valence-electron chi connectivity index (χ1n) is 11.3. The first kappa shape index (κ1) is 22.1. The zero-order valence-electron chi connectivity index (χ0n) is 18.0. The Labute approximate surface area is 186 Å². The lowest BCUT2D eigenvalue weighted by Crippen LogP contribution is -2.12. The number of thiophene rings is 1. The maximum atomic E-state index is 15.4. The molecular weight excluding hydrogens is 413 g/mol. The summed E-state index contributed by atoms with van der Waals surface area (Å²) in [6.07, 6.45) is 9.40. The molecule has 2 aromatic carbocycles. The maximum Gasteiger partial charge on any atom is 0.167 e. The highest BCUT2D eigenvalue weighted by Crippen LogP contribution is 2.42. The van der Waals surface area contributed by atoms with E-state index in [4.69, 9.17) is 0 Å². The normalized spacial score (nSPS) is 19.1. The summed E-state index contributed by atoms with van der Waals surface area (Å²) in [4.78, 5) is 0.568. The van der Waals surface area contributed by atoms with Crippen LogP contribution in [-0.2, 0) is 6.42 Å². The number of aryl methyl sites for hydroxylation is 1. The van der Waals surface area contributed by atoms with Gasteiger partial charge in [-0.15, -0.1) is 17.9 Å². The molecule has 0 atom stereocenters. The number of fused-ring (bicyclic) bond motifs is 1. The monoisotopic (exact) mass is 442 g/mol. The fourth-order valence-electron chi connectivity index (χ4n) is 4.74. The van der Waals surface area contributed by atoms with Crippen molar-refractivity contribution in [3.05, 3.63) is 71.6 Å². The van der Waals surface area contributed by atoms with Gasteiger partial charge in [-0.1, -0.05) is 50.1 Å². The molecule has 0 bridgehead atoms. The van der Waals surface area contributed by atoms with Crippen LogP contribution in [0.4, 0.5) is 13.2 Å². The molecule has 4 heteroatoms. The summed E-state index contributed by atoms with van der Waals surface area (Å²) in [5, 5.41) is 0.743. The zero-order chi connectivity index (χ0) is 22.0. The van der Waals surface area contributed by atoms with E-state index in [0.717, 1.165) is 55.9 Å². The molecule has 164 valence electrons. The molecule has 0 radical (unpaired) electrons. The minimum Gasteiger partial charge on any atom is -0.205 e. The molecule has 0 N–H and O–H groups in total. The Morgan fingerprint density at radius 1 is 0.968 bits per heavy atom. The Kier molecular flexibility index (Phi) is 6.86. The fraction of sp³-hybridized carbons (Fsp3) is 0.407. The van der Waals surface area contributed by atoms with Crippen LogP contribution >= 0.6 is 11.3 Å². The lowest BCUT2D eigenvalue weighted by molar-refractivity contribution is 0.369. The van der Waals surface area contributed by atoms with E-state index in [2.05, 4.69) is 13.5 Å². The molecule has 1 heterocycles. The number of unbranched alkanes of at least 4 members (excludes halogenated alkanes) is 2. The Morgan fingerprint density at radius 2 is 1.74 bits per heavy atom. The van der Waals surface area contributed by atoms with Crippen LogP contribution in [0.2, 0.25) is 0 Å². The predicted molar refractivity (Wildman–Crippen MR) is 125 cm³/mol. The third-order valence-electron chi connectivity index (χ3n) is 6.68. The van der Waals surface area contributed by atoms with Crippen LogP contribution in [0.5, 0.6) is 0 Å². The van der Waals surface area contributed by atoms with Gasteiger partial charge in [-0.25, -0.2) is 13.2 Å². The van der Waals surface area contributed by atoms with Gasteiger partial charge in [-0.05, 0) is 72.9 Å². The third kappa shape index (κ3) is 4.45. The van der Waals surface area contributed by atoms with E-state index >= 15 is 4.39 Å². The number of rotatable bonds is 7. The van der Waals surface area contributed by atoms with Crippen LogP contribution in [-0.4, -0.2) is 0 Å². The summed E-state index contributed by atoms with van der Waals surface area (Å²) in [5.41, 5.74) is 1.38. The average molecular weight is 443 g/mol. The largest absolute Gasteiger partial charge is 0.205 e. The van der Waals surface area contributed by atoms with Crippen LogP contribution in [0.25, 0.3) is 20.5 Å². The second-order valence-corrected chi connectivity index (χ2v) is 9.75. The van der Waals surface area contributed by atoms with E-state index in [0.29, 0.717) is 27.5 Å². The van der Waals surface area contributed by atoms with Gasteiger partial charge in [0.25, 0.3) is 0 Å². The molecule has 1 fully saturated rings. The Balaban J connectivity index is 1.63. The highest BCUT2D eigenvalue weighted by molar-refractivity contribution is 7.22. The Bertz CT molecular complexity index is 1070. The molecule has 0 saturated heterocycles. The SMILES string of the molecule is C=CC1CCC(c2ccc3cc(-c4ccc(CCCCC)c(F)c4F)sc3c2F)CC1. The Morgan fingerprint density at radius 3 is 2.45 bits per heavy atom. The van der Waals surface area contributed by atoms with Crippen molar-refractivity contribution in [1.29, 1.82) is 0 Å². The summed E-state index contributed by atoms with van der Waals surface area (Å²) in [6.45, 7) is 5.96. The van der Waals surface area contributed by atoms with E-state index in [-0.39, 0.29) is 17.3 Å². The van der Waals surface area contributed by atoms with Crippen LogP contribution in [0.3, 0.4) is 0 Å². The van der Waals surface area contributed by atoms with Crippen molar-refractivity contribution >= 4 is 21.4 Å². The number of hydrogen-bond acceptors (Lipinski definition) is 1. The molecule has 1 aromatic heterocycles. The molecule has 0 amide bonds. The molecule has 0 aliphatic heterocycles. The predicted octanol–water partition coefficient (Wildman–Crippen LogP) is 9.18. The number of hydrogen-bond donors (Lipinski definition) is 0. The van der Waals surface area contributed by atoms with Gasteiger partial charge in [0.1, 0.15) is 5.82 Å². The molecule has 1 saturated carbocycles. The van der Waals surface area contributed by atoms with E-state index in [9.17, 15) is 8.78 Å². The summed E-state index contributed by atoms with van der Waals surface area (Å²) >= 11 is 1.21. The van der Waals surface area contributed by atoms with E-state index in [1.165, 1.54) is 11.3 Å². The second-order valence-electron chi connectivity index (χ2n) is 8.70. The first-order chi connectivity index (χ1) is 15.0. The van der Waals surface area contributed by atoms with Crippen LogP contribution in [0, 0.1) is 23.4 Å². The molecule has 1 aliphatic carbocycles. The van der Waals surface area contributed by atoms with Crippen molar-refractivity contribution in [2.24, 2.45) is 5.92 Å². The topological polar surface area (TPSA) is 0 Å². The highest BCUT2D eigenvalue weighted by atomic mass is 32.1. The summed E-state index contributed by atoms with van der Waals surface area (Å²) in [6, 6.07) is 8.88. The van der Waals surface area contributed by atoms with Crippen molar-refractivity contribution in [2.45, 2.75) is 64.2 Å². The first-order valence-corrected chi connectivity index (χ1v) is 12.2. The number of halogens is 3. The van der Waals surface area contributed by atoms with Crippen molar-refractivity contribution in [1.82, 2.24) is 0 Å². The summed E-state index contributed by atoms with van der Waals surface area (Å²) in [5.74, 6) is -1.06. The van der Waals surface area contributed by atoms with Crippen molar-refractivity contribution in [3.8, 4) is 10.4 Å². The van der Waals surface area contributed by atoms with Gasteiger partial charge in [0.2, 0.25) is 0 Å². The van der Waals surface area contributed by atoms with Crippen LogP contribution < -0.4 is 0 Å². The van der Waals surface area contributed by atoms with Gasteiger partial charge in [0.05, 0.1) is 4.70 Å². The average Bonchev–Trinajstić information content (AvgIpc) is 3.22. The fourth-order valence-corrected chi connectivity index (χ4v) is 5.86. The summed E-state index contributed by atoms with van der Waals surface area (Å²) < 4.78 is 45.4. The van der Waals surface area contributed by atoms with Crippen molar-refractivity contribution in [3.63, 3.8) is 0 Å².